The zero-order valence-electron chi connectivity index (χ0n) is 12.3. The van der Waals surface area contributed by atoms with E-state index < -0.39 is 5.60 Å². The van der Waals surface area contributed by atoms with Crippen molar-refractivity contribution in [1.29, 1.82) is 0 Å². The summed E-state index contributed by atoms with van der Waals surface area (Å²) >= 11 is 0. The summed E-state index contributed by atoms with van der Waals surface area (Å²) in [6.45, 7) is 5.05. The highest BCUT2D eigenvalue weighted by molar-refractivity contribution is 5.20. The lowest BCUT2D eigenvalue weighted by Crippen LogP contribution is -2.37. The molecule has 0 amide bonds. The van der Waals surface area contributed by atoms with Crippen LogP contribution in [-0.2, 0) is 0 Å². The molecule has 0 heterocycles. The number of rotatable bonds is 7. The minimum Gasteiger partial charge on any atom is -0.389 e. The van der Waals surface area contributed by atoms with E-state index in [-0.39, 0.29) is 11.9 Å². The van der Waals surface area contributed by atoms with Gasteiger partial charge in [0.25, 0.3) is 0 Å². The summed E-state index contributed by atoms with van der Waals surface area (Å²) in [5.74, 6) is -0.206. The lowest BCUT2D eigenvalue weighted by Gasteiger charge is -2.27. The Morgan fingerprint density at radius 2 is 2.11 bits per heavy atom. The van der Waals surface area contributed by atoms with E-state index in [1.807, 2.05) is 20.2 Å². The van der Waals surface area contributed by atoms with E-state index in [2.05, 4.69) is 10.2 Å². The molecule has 0 spiro atoms. The van der Waals surface area contributed by atoms with Gasteiger partial charge in [0.1, 0.15) is 5.82 Å². The van der Waals surface area contributed by atoms with Crippen LogP contribution < -0.4 is 5.32 Å². The number of nitrogens with zero attached hydrogens (tertiary/aromatic N) is 1. The Morgan fingerprint density at radius 3 is 2.63 bits per heavy atom. The first-order chi connectivity index (χ1) is 8.81. The highest BCUT2D eigenvalue weighted by Crippen LogP contribution is 2.18. The number of halogens is 1. The lowest BCUT2D eigenvalue weighted by atomic mass is 10.0. The van der Waals surface area contributed by atoms with Gasteiger partial charge in [-0.15, -0.1) is 0 Å². The Balaban J connectivity index is 2.54. The average Bonchev–Trinajstić information content (AvgIpc) is 2.27. The van der Waals surface area contributed by atoms with Gasteiger partial charge in [-0.3, -0.25) is 0 Å². The Morgan fingerprint density at radius 1 is 1.42 bits per heavy atom. The van der Waals surface area contributed by atoms with Crippen molar-refractivity contribution in [1.82, 2.24) is 10.2 Å². The normalized spacial score (nSPS) is 13.8. The van der Waals surface area contributed by atoms with Crippen molar-refractivity contribution < 1.29 is 9.50 Å². The summed E-state index contributed by atoms with van der Waals surface area (Å²) in [4.78, 5) is 2.09. The van der Waals surface area contributed by atoms with Gasteiger partial charge in [-0.25, -0.2) is 4.39 Å². The van der Waals surface area contributed by atoms with E-state index in [4.69, 9.17) is 0 Å². The second kappa shape index (κ2) is 6.98. The van der Waals surface area contributed by atoms with Crippen LogP contribution in [0.5, 0.6) is 0 Å². The van der Waals surface area contributed by atoms with Crippen molar-refractivity contribution in [2.24, 2.45) is 0 Å². The Bertz CT molecular complexity index is 390. The molecule has 1 atom stereocenters. The molecule has 0 bridgehead atoms. The molecule has 0 saturated carbocycles. The predicted molar refractivity (Wildman–Crippen MR) is 76.6 cm³/mol. The zero-order valence-corrected chi connectivity index (χ0v) is 12.3. The van der Waals surface area contributed by atoms with E-state index in [9.17, 15) is 9.50 Å². The zero-order chi connectivity index (χ0) is 14.5. The van der Waals surface area contributed by atoms with Crippen molar-refractivity contribution >= 4 is 0 Å². The summed E-state index contributed by atoms with van der Waals surface area (Å²) in [6, 6.07) is 6.81. The van der Waals surface area contributed by atoms with Crippen molar-refractivity contribution in [3.8, 4) is 0 Å². The molecule has 0 saturated heterocycles. The molecular weight excluding hydrogens is 243 g/mol. The molecule has 1 aromatic carbocycles. The Kier molecular flexibility index (Phi) is 5.91. The molecule has 108 valence electrons. The van der Waals surface area contributed by atoms with Crippen LogP contribution in [0, 0.1) is 5.82 Å². The minimum absolute atomic E-state index is 0.125. The molecule has 1 aromatic rings. The SMILES string of the molecule is CNC(CCN(C)CC(C)(C)O)c1cccc(F)c1. The van der Waals surface area contributed by atoms with Crippen molar-refractivity contribution in [3.05, 3.63) is 35.6 Å². The summed E-state index contributed by atoms with van der Waals surface area (Å²) < 4.78 is 13.2. The van der Waals surface area contributed by atoms with E-state index in [1.165, 1.54) is 6.07 Å². The van der Waals surface area contributed by atoms with Crippen molar-refractivity contribution in [2.45, 2.75) is 31.9 Å². The van der Waals surface area contributed by atoms with E-state index in [0.29, 0.717) is 6.54 Å². The molecule has 19 heavy (non-hydrogen) atoms. The van der Waals surface area contributed by atoms with Crippen molar-refractivity contribution in [2.75, 3.05) is 27.2 Å². The van der Waals surface area contributed by atoms with Gasteiger partial charge in [0, 0.05) is 12.6 Å². The Labute approximate surface area is 115 Å². The summed E-state index contributed by atoms with van der Waals surface area (Å²) in [5, 5.41) is 13.0. The summed E-state index contributed by atoms with van der Waals surface area (Å²) in [5.41, 5.74) is 0.266. The quantitative estimate of drug-likeness (QED) is 0.795. The maximum atomic E-state index is 13.2. The third-order valence-electron chi connectivity index (χ3n) is 3.06. The second-order valence-electron chi connectivity index (χ2n) is 5.74. The first kappa shape index (κ1) is 16.1. The number of hydrogen-bond donors (Lipinski definition) is 2. The van der Waals surface area contributed by atoms with Gasteiger partial charge in [0.05, 0.1) is 5.60 Å². The topological polar surface area (TPSA) is 35.5 Å². The van der Waals surface area contributed by atoms with Gasteiger partial charge in [0.2, 0.25) is 0 Å². The van der Waals surface area contributed by atoms with Gasteiger partial charge in [-0.05, 0) is 58.6 Å². The second-order valence-corrected chi connectivity index (χ2v) is 5.74. The number of likely N-dealkylation sites (N-methyl/N-ethyl adjacent to an activating group) is 1. The maximum absolute atomic E-state index is 13.2. The molecule has 0 aliphatic rings. The first-order valence-electron chi connectivity index (χ1n) is 6.65. The highest BCUT2D eigenvalue weighted by atomic mass is 19.1. The van der Waals surface area contributed by atoms with Crippen molar-refractivity contribution in [3.63, 3.8) is 0 Å². The number of aliphatic hydroxyl groups is 1. The number of benzene rings is 1. The van der Waals surface area contributed by atoms with Gasteiger partial charge < -0.3 is 15.3 Å². The van der Waals surface area contributed by atoms with Gasteiger partial charge in [0.15, 0.2) is 0 Å². The molecule has 0 radical (unpaired) electrons. The fraction of sp³-hybridized carbons (Fsp3) is 0.600. The molecule has 2 N–H and O–H groups in total. The number of hydrogen-bond acceptors (Lipinski definition) is 3. The largest absolute Gasteiger partial charge is 0.389 e. The molecule has 1 unspecified atom stereocenters. The highest BCUT2D eigenvalue weighted by Gasteiger charge is 2.17. The average molecular weight is 268 g/mol. The van der Waals surface area contributed by atoms with Gasteiger partial charge in [-0.1, -0.05) is 12.1 Å². The molecule has 0 fully saturated rings. The summed E-state index contributed by atoms with van der Waals surface area (Å²) in [7, 11) is 3.86. The minimum atomic E-state index is -0.692. The lowest BCUT2D eigenvalue weighted by molar-refractivity contribution is 0.0436. The molecule has 3 nitrogen and oxygen atoms in total. The molecular formula is C15H25FN2O. The third kappa shape index (κ3) is 6.14. The van der Waals surface area contributed by atoms with Crippen LogP contribution in [0.4, 0.5) is 4.39 Å². The fourth-order valence-corrected chi connectivity index (χ4v) is 2.29. The van der Waals surface area contributed by atoms with Crippen LogP contribution in [0.15, 0.2) is 24.3 Å². The monoisotopic (exact) mass is 268 g/mol. The summed E-state index contributed by atoms with van der Waals surface area (Å²) in [6.07, 6.45) is 0.868. The van der Waals surface area contributed by atoms with Gasteiger partial charge >= 0.3 is 0 Å². The Hall–Kier alpha value is -0.970. The van der Waals surface area contributed by atoms with Crippen LogP contribution in [0.3, 0.4) is 0 Å². The molecule has 0 aromatic heterocycles. The molecule has 4 heteroatoms. The van der Waals surface area contributed by atoms with Crippen LogP contribution >= 0.6 is 0 Å². The van der Waals surface area contributed by atoms with Crippen LogP contribution in [-0.4, -0.2) is 42.8 Å². The predicted octanol–water partition coefficient (Wildman–Crippen LogP) is 2.18. The first-order valence-corrected chi connectivity index (χ1v) is 6.65. The molecule has 1 rings (SSSR count). The smallest absolute Gasteiger partial charge is 0.123 e. The number of nitrogens with one attached hydrogen (secondary N) is 1. The van der Waals surface area contributed by atoms with Crippen LogP contribution in [0.1, 0.15) is 31.9 Å². The standard InChI is InChI=1S/C15H25FN2O/c1-15(2,19)11-18(4)9-8-14(17-3)12-6-5-7-13(16)10-12/h5-7,10,14,17,19H,8-9,11H2,1-4H3. The van der Waals surface area contributed by atoms with Crippen LogP contribution in [0.2, 0.25) is 0 Å². The maximum Gasteiger partial charge on any atom is 0.123 e. The van der Waals surface area contributed by atoms with E-state index in [0.717, 1.165) is 18.5 Å². The fourth-order valence-electron chi connectivity index (χ4n) is 2.29. The van der Waals surface area contributed by atoms with E-state index >= 15 is 0 Å². The van der Waals surface area contributed by atoms with E-state index in [1.54, 1.807) is 26.0 Å². The van der Waals surface area contributed by atoms with Gasteiger partial charge in [-0.2, -0.15) is 0 Å². The van der Waals surface area contributed by atoms with Crippen LogP contribution in [0.25, 0.3) is 0 Å². The molecule has 0 aliphatic carbocycles. The molecule has 0 aliphatic heterocycles. The third-order valence-corrected chi connectivity index (χ3v) is 3.06.